The molecule has 0 aromatic heterocycles. The molecule has 0 aliphatic rings. The van der Waals surface area contributed by atoms with Crippen molar-refractivity contribution in [3.05, 3.63) is 34.4 Å². The van der Waals surface area contributed by atoms with E-state index < -0.39 is 16.7 Å². The van der Waals surface area contributed by atoms with E-state index in [0.717, 1.165) is 0 Å². The molecule has 0 aliphatic carbocycles. The summed E-state index contributed by atoms with van der Waals surface area (Å²) in [7, 11) is 0. The molecule has 0 rings (SSSR count). The average molecular weight is 520 g/mol. The van der Waals surface area contributed by atoms with Gasteiger partial charge in [-0.15, -0.1) is 0 Å². The van der Waals surface area contributed by atoms with Gasteiger partial charge in [-0.2, -0.15) is 37.8 Å². The van der Waals surface area contributed by atoms with Crippen LogP contribution in [0.3, 0.4) is 0 Å². The Bertz CT molecular complexity index is 238. The fraction of sp³-hybridized carbons (Fsp3) is 1.00. The Balaban J connectivity index is -0.0000000533. The summed E-state index contributed by atoms with van der Waals surface area (Å²) < 4.78 is 34.6. The minimum atomic E-state index is -6.17. The number of hydrogen-bond donors (Lipinski definition) is 0. The van der Waals surface area contributed by atoms with Gasteiger partial charge in [0.25, 0.3) is 0 Å². The molecule has 0 spiro atoms. The number of nitrogens with one attached hydrogen (secondary N) is 6. The molecule has 0 radical (unpaired) electrons. The van der Waals surface area contributed by atoms with Crippen LogP contribution in [0.2, 0.25) is 0 Å². The second kappa shape index (κ2) is 22.8. The van der Waals surface area contributed by atoms with Gasteiger partial charge in [-0.05, 0) is 0 Å². The van der Waals surface area contributed by atoms with Gasteiger partial charge in [-0.25, -0.2) is 0 Å². The van der Waals surface area contributed by atoms with Crippen molar-refractivity contribution in [2.45, 2.75) is 38.9 Å². The zero-order valence-electron chi connectivity index (χ0n) is 12.2. The first-order valence-electron chi connectivity index (χ1n) is 5.55. The summed E-state index contributed by atoms with van der Waals surface area (Å²) in [6.45, 7) is 5.77. The van der Waals surface area contributed by atoms with Gasteiger partial charge in [-0.1, -0.05) is 20.8 Å². The first-order valence-corrected chi connectivity index (χ1v) is 10.3. The van der Waals surface area contributed by atoms with Gasteiger partial charge in [0.2, 0.25) is 0 Å². The molecule has 0 aliphatic heterocycles. The van der Waals surface area contributed by atoms with E-state index in [2.05, 4.69) is 0 Å². The summed E-state index contributed by atoms with van der Waals surface area (Å²) in [5.74, 6) is 0. The Kier molecular flexibility index (Phi) is 36.0. The fourth-order valence-corrected chi connectivity index (χ4v) is 0. The Morgan fingerprint density at radius 1 is 0.762 bits per heavy atom. The molecule has 12 heteroatoms. The first kappa shape index (κ1) is 33.2. The maximum atomic E-state index is 8.65. The zero-order chi connectivity index (χ0) is 17.4. The van der Waals surface area contributed by atoms with Crippen LogP contribution >= 0.6 is 0 Å². The molecule has 134 valence electrons. The van der Waals surface area contributed by atoms with Crippen LogP contribution in [0.5, 0.6) is 0 Å². The Labute approximate surface area is 141 Å². The Morgan fingerprint density at radius 2 is 0.810 bits per heavy atom. The van der Waals surface area contributed by atoms with Crippen molar-refractivity contribution >= 4 is 0 Å². The monoisotopic (exact) mass is 520 g/mol. The second-order valence-corrected chi connectivity index (χ2v) is 6.66. The van der Waals surface area contributed by atoms with Crippen LogP contribution in [0, 0.1) is 0 Å². The molecule has 21 heavy (non-hydrogen) atoms. The summed E-state index contributed by atoms with van der Waals surface area (Å²) in [6.07, 6.45) is 0. The molecular weight excluding hydrogens is 496 g/mol. The molecule has 10 nitrogen and oxygen atoms in total. The van der Waals surface area contributed by atoms with Crippen molar-refractivity contribution in [2.75, 3.05) is 19.6 Å². The van der Waals surface area contributed by atoms with Crippen LogP contribution in [0.4, 0.5) is 0 Å². The summed E-state index contributed by atoms with van der Waals surface area (Å²) in [5.41, 5.74) is 39.3. The van der Waals surface area contributed by atoms with Gasteiger partial charge in [0, 0.05) is 0 Å². The summed E-state index contributed by atoms with van der Waals surface area (Å²) >= 11 is -6.17. The van der Waals surface area contributed by atoms with Crippen LogP contribution < -0.4 is 7.52 Å². The molecule has 0 heterocycles. The van der Waals surface area contributed by atoms with E-state index in [1.807, 2.05) is 0 Å². The van der Waals surface area contributed by atoms with Crippen molar-refractivity contribution in [2.24, 2.45) is 0 Å². The van der Waals surface area contributed by atoms with Crippen molar-refractivity contribution < 1.29 is 48.1 Å². The van der Waals surface area contributed by atoms with E-state index >= 15 is 0 Å². The van der Waals surface area contributed by atoms with Gasteiger partial charge >= 0.3 is 48.1 Å². The molecule has 6 N–H and O–H groups in total. The molecule has 0 saturated carbocycles. The molecule has 3 atom stereocenters. The summed E-state index contributed by atoms with van der Waals surface area (Å²) in [5, 5.41) is 0. The standard InChI is InChI=1S/3C3H8N2.Fe.4O.W/c3*1-3(5)2-4;;;;;;/h3*3-5H,2H2,1H3;;;;;;/q3*-2;+2;;;2*-1;. The van der Waals surface area contributed by atoms with E-state index in [1.54, 1.807) is 20.8 Å². The molecule has 0 bridgehead atoms. The van der Waals surface area contributed by atoms with Crippen molar-refractivity contribution in [3.8, 4) is 0 Å². The second-order valence-electron chi connectivity index (χ2n) is 3.72. The van der Waals surface area contributed by atoms with E-state index in [-0.39, 0.29) is 54.8 Å². The van der Waals surface area contributed by atoms with Gasteiger partial charge in [0.15, 0.2) is 0 Å². The number of hydrogen-bond acceptors (Lipinski definition) is 4. The van der Waals surface area contributed by atoms with Gasteiger partial charge in [0.05, 0.1) is 0 Å². The van der Waals surface area contributed by atoms with Crippen LogP contribution in [0.1, 0.15) is 20.8 Å². The number of rotatable bonds is 3. The van der Waals surface area contributed by atoms with E-state index in [4.69, 9.17) is 48.7 Å². The average Bonchev–Trinajstić information content (AvgIpc) is 2.28. The SMILES string of the molecule is CC([NH-])C[NH-].CC([NH-])C[NH-].CC([NH-])C[NH-].[Fe+2].[O]=[W](=[O])([O-])[O-]. The van der Waals surface area contributed by atoms with E-state index in [9.17, 15) is 0 Å². The van der Waals surface area contributed by atoms with E-state index in [0.29, 0.717) is 0 Å². The maximum absolute atomic E-state index is 8.65. The molecule has 0 amide bonds. The van der Waals surface area contributed by atoms with Crippen molar-refractivity contribution in [3.63, 3.8) is 0 Å². The Hall–Kier alpha value is 0.488. The quantitative estimate of drug-likeness (QED) is 0.508. The zero-order valence-corrected chi connectivity index (χ0v) is 16.3. The third kappa shape index (κ3) is 166. The third-order valence-corrected chi connectivity index (χ3v) is 0.919. The van der Waals surface area contributed by atoms with Crippen LogP contribution in [0.25, 0.3) is 34.4 Å². The van der Waals surface area contributed by atoms with Crippen molar-refractivity contribution in [1.82, 2.24) is 0 Å². The Morgan fingerprint density at radius 3 is 0.810 bits per heavy atom. The normalized spacial score (nSPS) is 13.5. The predicted molar refractivity (Wildman–Crippen MR) is 70.3 cm³/mol. The summed E-state index contributed by atoms with van der Waals surface area (Å²) in [6, 6.07) is -0.597. The fourth-order valence-electron chi connectivity index (χ4n) is 0. The van der Waals surface area contributed by atoms with Crippen LogP contribution in [-0.4, -0.2) is 37.8 Å². The molecule has 3 unspecified atom stereocenters. The predicted octanol–water partition coefficient (Wildman–Crippen LogP) is 1.82. The topological polar surface area (TPSA) is 223 Å². The van der Waals surface area contributed by atoms with Crippen LogP contribution in [-0.2, 0) is 40.6 Å². The third-order valence-electron chi connectivity index (χ3n) is 0.919. The van der Waals surface area contributed by atoms with Crippen LogP contribution in [0.15, 0.2) is 0 Å². The minimum absolute atomic E-state index is 0. The molecular formula is C9H24FeN6O4W-6. The van der Waals surface area contributed by atoms with E-state index in [1.165, 1.54) is 0 Å². The molecule has 0 fully saturated rings. The summed E-state index contributed by atoms with van der Waals surface area (Å²) in [4.78, 5) is 0. The van der Waals surface area contributed by atoms with Gasteiger partial charge < -0.3 is 34.4 Å². The molecule has 0 aromatic carbocycles. The first-order chi connectivity index (χ1) is 8.81. The molecule has 0 saturated heterocycles. The van der Waals surface area contributed by atoms with Gasteiger partial charge in [-0.3, -0.25) is 0 Å². The van der Waals surface area contributed by atoms with Crippen molar-refractivity contribution in [1.29, 1.82) is 0 Å². The van der Waals surface area contributed by atoms with Gasteiger partial charge in [0.1, 0.15) is 0 Å². The molecule has 0 aromatic rings.